The minimum Gasteiger partial charge on any atom is -0.387 e. The summed E-state index contributed by atoms with van der Waals surface area (Å²) in [6, 6.07) is 1.94. The van der Waals surface area contributed by atoms with Gasteiger partial charge in [0.1, 0.15) is 0 Å². The molecule has 1 aliphatic carbocycles. The van der Waals surface area contributed by atoms with E-state index in [0.29, 0.717) is 5.57 Å². The summed E-state index contributed by atoms with van der Waals surface area (Å²) in [5, 5.41) is 10.4. The molecule has 4 heteroatoms. The Bertz CT molecular complexity index is 704. The highest BCUT2D eigenvalue weighted by Gasteiger charge is 2.47. The number of carbonyl (C=O) groups is 1. The fraction of sp³-hybridized carbons (Fsp3) is 0.375. The number of aromatic nitrogens is 1. The smallest absolute Gasteiger partial charge is 0.172 e. The van der Waals surface area contributed by atoms with Crippen LogP contribution in [0.1, 0.15) is 36.7 Å². The molecule has 0 spiro atoms. The minimum absolute atomic E-state index is 0.00935. The Labute approximate surface area is 117 Å². The topological polar surface area (TPSA) is 65.5 Å². The van der Waals surface area contributed by atoms with Crippen LogP contribution in [0.3, 0.4) is 0 Å². The monoisotopic (exact) mass is 270 g/mol. The number of allylic oxidation sites excluding steroid dienone is 3. The molecular weight excluding hydrogens is 252 g/mol. The van der Waals surface area contributed by atoms with Gasteiger partial charge >= 0.3 is 0 Å². The molecule has 1 fully saturated rings. The second-order valence-electron chi connectivity index (χ2n) is 5.63. The normalized spacial score (nSPS) is 29.4. The Kier molecular flexibility index (Phi) is 2.80. The highest BCUT2D eigenvalue weighted by Crippen LogP contribution is 2.42. The van der Waals surface area contributed by atoms with Crippen molar-refractivity contribution in [2.75, 3.05) is 0 Å². The Morgan fingerprint density at radius 1 is 1.25 bits per heavy atom. The lowest BCUT2D eigenvalue weighted by Gasteiger charge is -2.35. The largest absolute Gasteiger partial charge is 0.387 e. The van der Waals surface area contributed by atoms with Crippen LogP contribution in [0, 0.1) is 13.8 Å². The second-order valence-corrected chi connectivity index (χ2v) is 5.63. The summed E-state index contributed by atoms with van der Waals surface area (Å²) < 4.78 is 0. The van der Waals surface area contributed by atoms with Crippen molar-refractivity contribution in [1.82, 2.24) is 4.98 Å². The number of hydrogen-bond acceptors (Lipinski definition) is 3. The van der Waals surface area contributed by atoms with E-state index in [4.69, 9.17) is 0 Å². The first kappa shape index (κ1) is 13.1. The molecule has 3 rings (SSSR count). The van der Waals surface area contributed by atoms with Crippen molar-refractivity contribution in [2.24, 2.45) is 4.99 Å². The van der Waals surface area contributed by atoms with Crippen LogP contribution in [0.4, 0.5) is 0 Å². The Morgan fingerprint density at radius 3 is 2.40 bits per heavy atom. The number of ketones is 1. The SMILES string of the molecule is CC1=CC(=C2C(=O)C(c3cc(C)[nH]c3C)C2O)C(C)=N1. The van der Waals surface area contributed by atoms with Crippen molar-refractivity contribution in [1.29, 1.82) is 0 Å². The van der Waals surface area contributed by atoms with E-state index in [0.717, 1.165) is 33.9 Å². The molecule has 0 aromatic carbocycles. The van der Waals surface area contributed by atoms with Crippen LogP contribution in [0.2, 0.25) is 0 Å². The molecule has 2 atom stereocenters. The fourth-order valence-corrected chi connectivity index (χ4v) is 3.14. The van der Waals surface area contributed by atoms with E-state index in [1.807, 2.05) is 39.8 Å². The zero-order valence-corrected chi connectivity index (χ0v) is 12.1. The number of aliphatic imine (C=N–C) groups is 1. The van der Waals surface area contributed by atoms with Crippen LogP contribution in [0.15, 0.2) is 34.0 Å². The van der Waals surface area contributed by atoms with Crippen LogP contribution < -0.4 is 0 Å². The van der Waals surface area contributed by atoms with Gasteiger partial charge in [0.2, 0.25) is 0 Å². The van der Waals surface area contributed by atoms with Crippen LogP contribution >= 0.6 is 0 Å². The first-order valence-electron chi connectivity index (χ1n) is 6.76. The molecule has 4 nitrogen and oxygen atoms in total. The average molecular weight is 270 g/mol. The van der Waals surface area contributed by atoms with Gasteiger partial charge < -0.3 is 10.1 Å². The molecule has 2 N–H and O–H groups in total. The molecule has 2 unspecified atom stereocenters. The van der Waals surface area contributed by atoms with Gasteiger partial charge in [0, 0.05) is 33.9 Å². The number of nitrogens with one attached hydrogen (secondary N) is 1. The summed E-state index contributed by atoms with van der Waals surface area (Å²) >= 11 is 0. The zero-order chi connectivity index (χ0) is 14.6. The molecule has 1 aromatic rings. The van der Waals surface area contributed by atoms with Crippen molar-refractivity contribution >= 4 is 11.5 Å². The molecule has 20 heavy (non-hydrogen) atoms. The molecule has 1 aliphatic heterocycles. The fourth-order valence-electron chi connectivity index (χ4n) is 3.14. The van der Waals surface area contributed by atoms with Crippen molar-refractivity contribution in [2.45, 2.75) is 39.7 Å². The van der Waals surface area contributed by atoms with Crippen LogP contribution in [0.5, 0.6) is 0 Å². The van der Waals surface area contributed by atoms with E-state index in [1.165, 1.54) is 0 Å². The lowest BCUT2D eigenvalue weighted by molar-refractivity contribution is -0.125. The summed E-state index contributed by atoms with van der Waals surface area (Å²) in [6.07, 6.45) is 1.13. The predicted molar refractivity (Wildman–Crippen MR) is 77.9 cm³/mol. The van der Waals surface area contributed by atoms with Gasteiger partial charge in [-0.3, -0.25) is 9.79 Å². The standard InChI is InChI=1S/C16H18N2O2/c1-7-5-11(9(3)17-7)13-15(19)14(16(13)20)12-6-8(2)18-10(12)4/h5-6,13,15,17,19H,1-4H3. The van der Waals surface area contributed by atoms with E-state index < -0.39 is 12.0 Å². The third-order valence-corrected chi connectivity index (χ3v) is 4.06. The van der Waals surface area contributed by atoms with E-state index in [9.17, 15) is 9.90 Å². The third-order valence-electron chi connectivity index (χ3n) is 4.06. The summed E-state index contributed by atoms with van der Waals surface area (Å²) in [5.74, 6) is -0.431. The molecule has 2 aliphatic rings. The van der Waals surface area contributed by atoms with Crippen molar-refractivity contribution in [3.8, 4) is 0 Å². The maximum atomic E-state index is 12.5. The highest BCUT2D eigenvalue weighted by molar-refractivity contribution is 6.18. The van der Waals surface area contributed by atoms with Crippen LogP contribution in [0.25, 0.3) is 0 Å². The van der Waals surface area contributed by atoms with Gasteiger partial charge in [-0.1, -0.05) is 0 Å². The van der Waals surface area contributed by atoms with E-state index >= 15 is 0 Å². The maximum absolute atomic E-state index is 12.5. The lowest BCUT2D eigenvalue weighted by atomic mass is 9.69. The Hall–Kier alpha value is -1.94. The van der Waals surface area contributed by atoms with Gasteiger partial charge in [0.15, 0.2) is 5.78 Å². The quantitative estimate of drug-likeness (QED) is 0.769. The number of aliphatic hydroxyl groups excluding tert-OH is 1. The van der Waals surface area contributed by atoms with Crippen molar-refractivity contribution in [3.63, 3.8) is 0 Å². The average Bonchev–Trinajstić information content (AvgIpc) is 2.83. The van der Waals surface area contributed by atoms with Gasteiger partial charge in [-0.05, 0) is 45.4 Å². The molecule has 2 heterocycles. The number of carbonyl (C=O) groups excluding carboxylic acids is 1. The highest BCUT2D eigenvalue weighted by atomic mass is 16.3. The molecule has 0 amide bonds. The van der Waals surface area contributed by atoms with Gasteiger partial charge in [0.05, 0.1) is 12.0 Å². The number of hydrogen-bond donors (Lipinski definition) is 2. The second kappa shape index (κ2) is 4.28. The molecule has 1 saturated carbocycles. The molecular formula is C16H18N2O2. The maximum Gasteiger partial charge on any atom is 0.172 e. The van der Waals surface area contributed by atoms with Gasteiger partial charge in [-0.15, -0.1) is 0 Å². The first-order chi connectivity index (χ1) is 9.40. The summed E-state index contributed by atoms with van der Waals surface area (Å²) in [6.45, 7) is 7.64. The number of rotatable bonds is 1. The van der Waals surface area contributed by atoms with Gasteiger partial charge in [-0.25, -0.2) is 0 Å². The molecule has 0 bridgehead atoms. The van der Waals surface area contributed by atoms with Crippen molar-refractivity contribution in [3.05, 3.63) is 45.9 Å². The number of aliphatic hydroxyl groups is 1. The number of aromatic amines is 1. The van der Waals surface area contributed by atoms with E-state index in [1.54, 1.807) is 0 Å². The number of aryl methyl sites for hydroxylation is 2. The van der Waals surface area contributed by atoms with E-state index in [2.05, 4.69) is 9.98 Å². The van der Waals surface area contributed by atoms with Crippen LogP contribution in [-0.4, -0.2) is 27.7 Å². The molecule has 0 saturated heterocycles. The first-order valence-corrected chi connectivity index (χ1v) is 6.76. The van der Waals surface area contributed by atoms with E-state index in [-0.39, 0.29) is 5.78 Å². The molecule has 0 radical (unpaired) electrons. The summed E-state index contributed by atoms with van der Waals surface area (Å²) in [7, 11) is 0. The van der Waals surface area contributed by atoms with Gasteiger partial charge in [0.25, 0.3) is 0 Å². The third kappa shape index (κ3) is 1.72. The number of nitrogens with zero attached hydrogens (tertiary/aromatic N) is 1. The van der Waals surface area contributed by atoms with Crippen molar-refractivity contribution < 1.29 is 9.90 Å². The minimum atomic E-state index is -0.737. The predicted octanol–water partition coefficient (Wildman–Crippen LogP) is 2.33. The Morgan fingerprint density at radius 2 is 1.95 bits per heavy atom. The van der Waals surface area contributed by atoms with Crippen LogP contribution in [-0.2, 0) is 4.79 Å². The number of Topliss-reactive ketones (excluding diaryl/α,β-unsaturated/α-hetero) is 1. The van der Waals surface area contributed by atoms with Gasteiger partial charge in [-0.2, -0.15) is 0 Å². The lowest BCUT2D eigenvalue weighted by Crippen LogP contribution is -2.44. The number of H-pyrrole nitrogens is 1. The summed E-state index contributed by atoms with van der Waals surface area (Å²) in [5.41, 5.74) is 5.85. The summed E-state index contributed by atoms with van der Waals surface area (Å²) in [4.78, 5) is 20.0. The Balaban J connectivity index is 2.00. The molecule has 1 aromatic heterocycles. The molecule has 104 valence electrons. The zero-order valence-electron chi connectivity index (χ0n) is 12.1.